The third kappa shape index (κ3) is 2.90. The maximum absolute atomic E-state index is 12.0. The van der Waals surface area contributed by atoms with Crippen LogP contribution in [0.1, 0.15) is 54.6 Å². The van der Waals surface area contributed by atoms with E-state index in [1.807, 2.05) is 4.68 Å². The van der Waals surface area contributed by atoms with Crippen molar-refractivity contribution in [2.45, 2.75) is 45.1 Å². The van der Waals surface area contributed by atoms with Crippen LogP contribution in [0.5, 0.6) is 0 Å². The summed E-state index contributed by atoms with van der Waals surface area (Å²) in [6, 6.07) is 0. The van der Waals surface area contributed by atoms with Crippen LogP contribution in [0.15, 0.2) is 6.20 Å². The average molecular weight is 251 g/mol. The molecule has 100 valence electrons. The Hall–Kier alpha value is -1.36. The zero-order valence-corrected chi connectivity index (χ0v) is 10.9. The molecular weight excluding hydrogens is 230 g/mol. The zero-order valence-electron chi connectivity index (χ0n) is 10.9. The van der Waals surface area contributed by atoms with Crippen molar-refractivity contribution in [2.75, 3.05) is 13.2 Å². The Kier molecular flexibility index (Phi) is 4.36. The standard InChI is InChI=1S/C13H21N3O2/c1-2-7-16-12(10-4-5-10)11(9-15-16)13(18)14-6-3-8-17/h9-10,17H,2-8H2,1H3,(H,14,18). The maximum atomic E-state index is 12.0. The molecule has 0 spiro atoms. The predicted octanol–water partition coefficient (Wildman–Crippen LogP) is 1.28. The van der Waals surface area contributed by atoms with Crippen LogP contribution in [-0.2, 0) is 6.54 Å². The van der Waals surface area contributed by atoms with Gasteiger partial charge < -0.3 is 10.4 Å². The second kappa shape index (κ2) is 6.00. The molecule has 2 N–H and O–H groups in total. The van der Waals surface area contributed by atoms with Gasteiger partial charge in [0, 0.05) is 25.6 Å². The Morgan fingerprint density at radius 2 is 2.39 bits per heavy atom. The molecule has 0 bridgehead atoms. The first-order chi connectivity index (χ1) is 8.77. The molecule has 0 aliphatic heterocycles. The largest absolute Gasteiger partial charge is 0.396 e. The summed E-state index contributed by atoms with van der Waals surface area (Å²) in [5.41, 5.74) is 1.81. The highest BCUT2D eigenvalue weighted by Gasteiger charge is 2.32. The summed E-state index contributed by atoms with van der Waals surface area (Å²) >= 11 is 0. The fraction of sp³-hybridized carbons (Fsp3) is 0.692. The van der Waals surface area contributed by atoms with Gasteiger partial charge in [0.1, 0.15) is 0 Å². The highest BCUT2D eigenvalue weighted by Crippen LogP contribution is 2.41. The molecule has 1 fully saturated rings. The van der Waals surface area contributed by atoms with Gasteiger partial charge in [-0.3, -0.25) is 9.48 Å². The van der Waals surface area contributed by atoms with Gasteiger partial charge in [-0.2, -0.15) is 5.10 Å². The topological polar surface area (TPSA) is 67.2 Å². The molecule has 0 aromatic carbocycles. The van der Waals surface area contributed by atoms with Crippen LogP contribution in [-0.4, -0.2) is 33.9 Å². The van der Waals surface area contributed by atoms with Crippen LogP contribution in [0.3, 0.4) is 0 Å². The van der Waals surface area contributed by atoms with Gasteiger partial charge in [0.25, 0.3) is 5.91 Å². The predicted molar refractivity (Wildman–Crippen MR) is 68.5 cm³/mol. The van der Waals surface area contributed by atoms with E-state index in [9.17, 15) is 4.79 Å². The summed E-state index contributed by atoms with van der Waals surface area (Å²) in [7, 11) is 0. The van der Waals surface area contributed by atoms with Crippen molar-refractivity contribution in [3.63, 3.8) is 0 Å². The number of aliphatic hydroxyl groups excluding tert-OH is 1. The molecule has 1 saturated carbocycles. The number of carbonyl (C=O) groups is 1. The molecule has 1 aromatic heterocycles. The van der Waals surface area contributed by atoms with Gasteiger partial charge in [-0.25, -0.2) is 0 Å². The normalized spacial score (nSPS) is 14.8. The van der Waals surface area contributed by atoms with E-state index >= 15 is 0 Å². The quantitative estimate of drug-likeness (QED) is 0.717. The van der Waals surface area contributed by atoms with Gasteiger partial charge in [-0.05, 0) is 25.7 Å². The van der Waals surface area contributed by atoms with E-state index in [1.54, 1.807) is 6.20 Å². The number of rotatable bonds is 7. The molecule has 0 saturated heterocycles. The number of carbonyl (C=O) groups excluding carboxylic acids is 1. The summed E-state index contributed by atoms with van der Waals surface area (Å²) in [5, 5.41) is 15.9. The zero-order chi connectivity index (χ0) is 13.0. The number of hydrogen-bond acceptors (Lipinski definition) is 3. The fourth-order valence-corrected chi connectivity index (χ4v) is 2.12. The van der Waals surface area contributed by atoms with Crippen LogP contribution in [0.2, 0.25) is 0 Å². The van der Waals surface area contributed by atoms with Gasteiger partial charge in [-0.1, -0.05) is 6.92 Å². The van der Waals surface area contributed by atoms with Gasteiger partial charge in [0.15, 0.2) is 0 Å². The molecule has 1 aliphatic rings. The lowest BCUT2D eigenvalue weighted by Crippen LogP contribution is -2.25. The minimum Gasteiger partial charge on any atom is -0.396 e. The van der Waals surface area contributed by atoms with Crippen LogP contribution >= 0.6 is 0 Å². The SMILES string of the molecule is CCCn1ncc(C(=O)NCCCO)c1C1CC1. The molecule has 5 heteroatoms. The Morgan fingerprint density at radius 3 is 3.00 bits per heavy atom. The van der Waals surface area contributed by atoms with Gasteiger partial charge in [-0.15, -0.1) is 0 Å². The molecule has 18 heavy (non-hydrogen) atoms. The van der Waals surface area contributed by atoms with Crippen molar-refractivity contribution in [1.29, 1.82) is 0 Å². The van der Waals surface area contributed by atoms with Crippen molar-refractivity contribution in [2.24, 2.45) is 0 Å². The molecule has 1 aromatic rings. The first kappa shape index (κ1) is 13.1. The first-order valence-electron chi connectivity index (χ1n) is 6.72. The number of aromatic nitrogens is 2. The lowest BCUT2D eigenvalue weighted by atomic mass is 10.1. The summed E-state index contributed by atoms with van der Waals surface area (Å²) < 4.78 is 1.97. The Balaban J connectivity index is 2.09. The number of aryl methyl sites for hydroxylation is 1. The van der Waals surface area contributed by atoms with E-state index in [0.29, 0.717) is 24.4 Å². The maximum Gasteiger partial charge on any atom is 0.254 e. The Bertz CT molecular complexity index is 410. The van der Waals surface area contributed by atoms with Gasteiger partial charge in [0.05, 0.1) is 17.5 Å². The van der Waals surface area contributed by atoms with Gasteiger partial charge in [0.2, 0.25) is 0 Å². The van der Waals surface area contributed by atoms with Gasteiger partial charge >= 0.3 is 0 Å². The van der Waals surface area contributed by atoms with Crippen molar-refractivity contribution >= 4 is 5.91 Å². The third-order valence-corrected chi connectivity index (χ3v) is 3.14. The molecule has 1 amide bonds. The molecule has 5 nitrogen and oxygen atoms in total. The van der Waals surface area contributed by atoms with Crippen LogP contribution in [0, 0.1) is 0 Å². The highest BCUT2D eigenvalue weighted by atomic mass is 16.3. The van der Waals surface area contributed by atoms with Crippen molar-refractivity contribution in [3.05, 3.63) is 17.5 Å². The molecule has 1 aliphatic carbocycles. The van der Waals surface area contributed by atoms with E-state index in [4.69, 9.17) is 5.11 Å². The van der Waals surface area contributed by atoms with E-state index in [1.165, 1.54) is 0 Å². The van der Waals surface area contributed by atoms with Crippen LogP contribution in [0.4, 0.5) is 0 Å². The number of nitrogens with one attached hydrogen (secondary N) is 1. The number of hydrogen-bond donors (Lipinski definition) is 2. The lowest BCUT2D eigenvalue weighted by molar-refractivity contribution is 0.0950. The van der Waals surface area contributed by atoms with Crippen LogP contribution < -0.4 is 5.32 Å². The summed E-state index contributed by atoms with van der Waals surface area (Å²) in [4.78, 5) is 12.0. The fourth-order valence-electron chi connectivity index (χ4n) is 2.12. The van der Waals surface area contributed by atoms with Crippen molar-refractivity contribution in [3.8, 4) is 0 Å². The molecule has 2 rings (SSSR count). The smallest absolute Gasteiger partial charge is 0.254 e. The van der Waals surface area contributed by atoms with E-state index in [0.717, 1.165) is 31.5 Å². The Labute approximate surface area is 107 Å². The summed E-state index contributed by atoms with van der Waals surface area (Å²) in [6.45, 7) is 3.60. The van der Waals surface area contributed by atoms with Crippen molar-refractivity contribution < 1.29 is 9.90 Å². The second-order valence-electron chi connectivity index (χ2n) is 4.77. The second-order valence-corrected chi connectivity index (χ2v) is 4.77. The minimum atomic E-state index is -0.0623. The monoisotopic (exact) mass is 251 g/mol. The first-order valence-corrected chi connectivity index (χ1v) is 6.72. The lowest BCUT2D eigenvalue weighted by Gasteiger charge is -2.08. The summed E-state index contributed by atoms with van der Waals surface area (Å²) in [6.07, 6.45) is 5.61. The molecule has 0 radical (unpaired) electrons. The van der Waals surface area contributed by atoms with E-state index in [2.05, 4.69) is 17.3 Å². The van der Waals surface area contributed by atoms with E-state index in [-0.39, 0.29) is 12.5 Å². The molecule has 0 atom stereocenters. The molecule has 1 heterocycles. The Morgan fingerprint density at radius 1 is 1.61 bits per heavy atom. The summed E-state index contributed by atoms with van der Waals surface area (Å²) in [5.74, 6) is 0.449. The molecule has 0 unspecified atom stereocenters. The number of nitrogens with zero attached hydrogens (tertiary/aromatic N) is 2. The number of amides is 1. The van der Waals surface area contributed by atoms with Crippen LogP contribution in [0.25, 0.3) is 0 Å². The average Bonchev–Trinajstić information content (AvgIpc) is 3.11. The third-order valence-electron chi connectivity index (χ3n) is 3.14. The van der Waals surface area contributed by atoms with Crippen molar-refractivity contribution in [1.82, 2.24) is 15.1 Å². The molecular formula is C13H21N3O2. The minimum absolute atomic E-state index is 0.0623. The van der Waals surface area contributed by atoms with E-state index < -0.39 is 0 Å². The highest BCUT2D eigenvalue weighted by molar-refractivity contribution is 5.95. The number of aliphatic hydroxyl groups is 1.